The lowest BCUT2D eigenvalue weighted by atomic mass is 10.0. The Morgan fingerprint density at radius 3 is 2.41 bits per heavy atom. The summed E-state index contributed by atoms with van der Waals surface area (Å²) in [5.74, 6) is 0.432. The first-order chi connectivity index (χ1) is 15.3. The number of nitrogens with zero attached hydrogens (tertiary/aromatic N) is 1. The summed E-state index contributed by atoms with van der Waals surface area (Å²) in [7, 11) is -3.68. The molecule has 1 amide bonds. The van der Waals surface area contributed by atoms with E-state index >= 15 is 0 Å². The fraction of sp³-hybridized carbons (Fsp3) is 0.240. The molecule has 7 heteroatoms. The van der Waals surface area contributed by atoms with Gasteiger partial charge in [0.05, 0.1) is 16.7 Å². The Hall–Kier alpha value is -3.32. The molecular weight excluding hydrogens is 424 g/mol. The number of hydrogen-bond donors (Lipinski definition) is 1. The van der Waals surface area contributed by atoms with E-state index in [0.29, 0.717) is 29.2 Å². The second kappa shape index (κ2) is 9.04. The first-order valence-electron chi connectivity index (χ1n) is 10.6. The topological polar surface area (TPSA) is 75.7 Å². The average Bonchev–Trinajstić information content (AvgIpc) is 2.79. The number of aryl methyl sites for hydroxylation is 1. The maximum absolute atomic E-state index is 13.2. The molecule has 0 aliphatic carbocycles. The Morgan fingerprint density at radius 2 is 1.72 bits per heavy atom. The number of rotatable bonds is 6. The van der Waals surface area contributed by atoms with Crippen molar-refractivity contribution in [3.63, 3.8) is 0 Å². The third kappa shape index (κ3) is 4.62. The summed E-state index contributed by atoms with van der Waals surface area (Å²) in [6.07, 6.45) is 1.59. The van der Waals surface area contributed by atoms with Crippen molar-refractivity contribution in [1.29, 1.82) is 0 Å². The molecule has 4 rings (SSSR count). The van der Waals surface area contributed by atoms with Crippen LogP contribution in [0.1, 0.15) is 36.2 Å². The van der Waals surface area contributed by atoms with Crippen LogP contribution in [-0.4, -0.2) is 27.0 Å². The quantitative estimate of drug-likeness (QED) is 0.581. The van der Waals surface area contributed by atoms with Crippen LogP contribution in [0.25, 0.3) is 0 Å². The zero-order chi connectivity index (χ0) is 22.7. The van der Waals surface area contributed by atoms with Crippen molar-refractivity contribution in [2.75, 3.05) is 16.2 Å². The maximum atomic E-state index is 13.2. The van der Waals surface area contributed by atoms with Crippen molar-refractivity contribution in [3.05, 3.63) is 83.9 Å². The molecule has 3 aromatic rings. The predicted octanol–water partition coefficient (Wildman–Crippen LogP) is 4.87. The van der Waals surface area contributed by atoms with Gasteiger partial charge in [0.25, 0.3) is 15.9 Å². The Kier molecular flexibility index (Phi) is 6.19. The van der Waals surface area contributed by atoms with Gasteiger partial charge in [0.2, 0.25) is 0 Å². The van der Waals surface area contributed by atoms with Gasteiger partial charge in [-0.1, -0.05) is 24.3 Å². The van der Waals surface area contributed by atoms with Crippen molar-refractivity contribution in [3.8, 4) is 5.75 Å². The number of amides is 1. The highest BCUT2D eigenvalue weighted by Crippen LogP contribution is 2.34. The molecule has 0 aromatic heterocycles. The van der Waals surface area contributed by atoms with Crippen molar-refractivity contribution in [1.82, 2.24) is 0 Å². The number of ether oxygens (including phenoxy) is 1. The molecule has 6 nitrogen and oxygen atoms in total. The zero-order valence-corrected chi connectivity index (χ0v) is 18.9. The second-order valence-corrected chi connectivity index (χ2v) is 9.84. The molecule has 3 aromatic carbocycles. The molecule has 0 saturated heterocycles. The van der Waals surface area contributed by atoms with Gasteiger partial charge in [-0.05, 0) is 80.8 Å². The van der Waals surface area contributed by atoms with Crippen LogP contribution in [0.5, 0.6) is 5.75 Å². The van der Waals surface area contributed by atoms with Crippen molar-refractivity contribution in [2.24, 2.45) is 0 Å². The molecule has 166 valence electrons. The van der Waals surface area contributed by atoms with Gasteiger partial charge in [-0.2, -0.15) is 0 Å². The highest BCUT2D eigenvalue weighted by Gasteiger charge is 2.29. The van der Waals surface area contributed by atoms with Gasteiger partial charge in [-0.3, -0.25) is 9.10 Å². The number of nitrogens with one attached hydrogen (secondary N) is 1. The van der Waals surface area contributed by atoms with Crippen molar-refractivity contribution in [2.45, 2.75) is 37.7 Å². The van der Waals surface area contributed by atoms with Gasteiger partial charge in [-0.25, -0.2) is 8.42 Å². The van der Waals surface area contributed by atoms with Crippen molar-refractivity contribution < 1.29 is 17.9 Å². The van der Waals surface area contributed by atoms with Crippen LogP contribution < -0.4 is 14.4 Å². The number of hydrogen-bond acceptors (Lipinski definition) is 4. The third-order valence-corrected chi connectivity index (χ3v) is 7.07. The first-order valence-corrected chi connectivity index (χ1v) is 12.1. The normalized spacial score (nSPS) is 13.5. The van der Waals surface area contributed by atoms with E-state index in [1.807, 2.05) is 26.0 Å². The van der Waals surface area contributed by atoms with E-state index in [1.165, 1.54) is 4.31 Å². The fourth-order valence-corrected chi connectivity index (χ4v) is 5.30. The summed E-state index contributed by atoms with van der Waals surface area (Å²) in [6.45, 7) is 4.29. The Labute approximate surface area is 188 Å². The summed E-state index contributed by atoms with van der Waals surface area (Å²) in [4.78, 5) is 13.0. The minimum atomic E-state index is -3.68. The van der Waals surface area contributed by atoms with Crippen LogP contribution in [0.15, 0.2) is 77.7 Å². The molecule has 0 unspecified atom stereocenters. The van der Waals surface area contributed by atoms with E-state index < -0.39 is 10.0 Å². The van der Waals surface area contributed by atoms with E-state index in [-0.39, 0.29) is 16.9 Å². The van der Waals surface area contributed by atoms with Gasteiger partial charge in [-0.15, -0.1) is 0 Å². The number of anilines is 2. The first kappa shape index (κ1) is 21.9. The Morgan fingerprint density at radius 1 is 1.00 bits per heavy atom. The molecule has 0 bridgehead atoms. The summed E-state index contributed by atoms with van der Waals surface area (Å²) < 4.78 is 33.5. The predicted molar refractivity (Wildman–Crippen MR) is 126 cm³/mol. The largest absolute Gasteiger partial charge is 0.491 e. The molecule has 0 saturated carbocycles. The smallest absolute Gasteiger partial charge is 0.264 e. The molecule has 0 radical (unpaired) electrons. The molecule has 1 aliphatic rings. The summed E-state index contributed by atoms with van der Waals surface area (Å²) in [5.41, 5.74) is 2.60. The molecule has 0 atom stereocenters. The number of carbonyl (C=O) groups is 1. The summed E-state index contributed by atoms with van der Waals surface area (Å²) in [5, 5.41) is 2.88. The van der Waals surface area contributed by atoms with E-state index in [2.05, 4.69) is 5.32 Å². The van der Waals surface area contributed by atoms with Crippen LogP contribution in [0.3, 0.4) is 0 Å². The minimum Gasteiger partial charge on any atom is -0.491 e. The van der Waals surface area contributed by atoms with E-state index in [0.717, 1.165) is 18.4 Å². The molecule has 1 aliphatic heterocycles. The van der Waals surface area contributed by atoms with E-state index in [1.54, 1.807) is 60.7 Å². The molecule has 1 heterocycles. The lowest BCUT2D eigenvalue weighted by Crippen LogP contribution is -2.35. The number of benzene rings is 3. The standard InChI is InChI=1S/C25H26N2O4S/c1-18(2)31-22-14-11-20(12-15-22)25(28)26-21-13-10-19-7-6-16-27(24(19)17-21)32(29,30)23-8-4-3-5-9-23/h3-5,8-15,17-18H,6-7,16H2,1-2H3,(H,26,28). The van der Waals surface area contributed by atoms with Crippen LogP contribution in [0.4, 0.5) is 11.4 Å². The highest BCUT2D eigenvalue weighted by atomic mass is 32.2. The van der Waals surface area contributed by atoms with Crippen LogP contribution in [-0.2, 0) is 16.4 Å². The van der Waals surface area contributed by atoms with Gasteiger partial charge in [0, 0.05) is 17.8 Å². The molecular formula is C25H26N2O4S. The van der Waals surface area contributed by atoms with Gasteiger partial charge < -0.3 is 10.1 Å². The Bertz CT molecular complexity index is 1210. The van der Waals surface area contributed by atoms with E-state index in [9.17, 15) is 13.2 Å². The fourth-order valence-electron chi connectivity index (χ4n) is 3.75. The molecule has 0 fully saturated rings. The zero-order valence-electron chi connectivity index (χ0n) is 18.1. The van der Waals surface area contributed by atoms with Crippen LogP contribution in [0.2, 0.25) is 0 Å². The summed E-state index contributed by atoms with van der Waals surface area (Å²) in [6, 6.07) is 20.8. The van der Waals surface area contributed by atoms with E-state index in [4.69, 9.17) is 4.74 Å². The minimum absolute atomic E-state index is 0.0558. The van der Waals surface area contributed by atoms with Gasteiger partial charge in [0.15, 0.2) is 0 Å². The lowest BCUT2D eigenvalue weighted by molar-refractivity contribution is 0.102. The highest BCUT2D eigenvalue weighted by molar-refractivity contribution is 7.92. The Balaban J connectivity index is 1.58. The second-order valence-electron chi connectivity index (χ2n) is 7.98. The molecule has 0 spiro atoms. The average molecular weight is 451 g/mol. The van der Waals surface area contributed by atoms with Gasteiger partial charge >= 0.3 is 0 Å². The van der Waals surface area contributed by atoms with Crippen LogP contribution in [0, 0.1) is 0 Å². The SMILES string of the molecule is CC(C)Oc1ccc(C(=O)Nc2ccc3c(c2)N(S(=O)(=O)c2ccccc2)CCC3)cc1. The third-order valence-electron chi connectivity index (χ3n) is 5.24. The van der Waals surface area contributed by atoms with Gasteiger partial charge in [0.1, 0.15) is 5.75 Å². The van der Waals surface area contributed by atoms with Crippen LogP contribution >= 0.6 is 0 Å². The molecule has 1 N–H and O–H groups in total. The number of fused-ring (bicyclic) bond motifs is 1. The summed E-state index contributed by atoms with van der Waals surface area (Å²) >= 11 is 0. The van der Waals surface area contributed by atoms with Crippen molar-refractivity contribution >= 4 is 27.3 Å². The lowest BCUT2D eigenvalue weighted by Gasteiger charge is -2.31. The maximum Gasteiger partial charge on any atom is 0.264 e. The number of sulfonamides is 1. The number of carbonyl (C=O) groups excluding carboxylic acids is 1. The monoisotopic (exact) mass is 450 g/mol. The molecule has 32 heavy (non-hydrogen) atoms.